The number of benzene rings is 1. The minimum Gasteiger partial charge on any atom is -0.373 e. The number of nitrogens with one attached hydrogen (secondary N) is 3. The van der Waals surface area contributed by atoms with Gasteiger partial charge in [-0.2, -0.15) is 0 Å². The molecule has 2 heterocycles. The molecule has 3 aromatic rings. The first-order valence-electron chi connectivity index (χ1n) is 8.96. The first-order chi connectivity index (χ1) is 13.4. The van der Waals surface area contributed by atoms with E-state index in [1.54, 1.807) is 6.26 Å². The minimum atomic E-state index is -1.05. The van der Waals surface area contributed by atoms with Crippen LogP contribution in [-0.4, -0.2) is 38.5 Å². The van der Waals surface area contributed by atoms with Crippen molar-refractivity contribution < 1.29 is 4.21 Å². The fraction of sp³-hybridized carbons (Fsp3) is 0.250. The molecular formula is C20H24N6OS. The van der Waals surface area contributed by atoms with E-state index in [-0.39, 0.29) is 6.04 Å². The monoisotopic (exact) mass is 396 g/mol. The Morgan fingerprint density at radius 1 is 0.929 bits per heavy atom. The van der Waals surface area contributed by atoms with Crippen LogP contribution in [0.1, 0.15) is 13.8 Å². The molecule has 0 amide bonds. The molecule has 146 valence electrons. The highest BCUT2D eigenvalue weighted by Gasteiger charge is 2.10. The highest BCUT2D eigenvalue weighted by molar-refractivity contribution is 7.84. The number of hydrogen-bond acceptors (Lipinski definition) is 7. The standard InChI is InChI=1S/C20H24N6OS/c1-13(2)22-18-12-19(23-14-7-5-8-15(11-14)28(4)27)26-20(25-18)16-9-6-10-17(21-3)24-16/h5-13H,1-4H3,(H,21,24)(H2,22,23,25,26). The molecule has 0 aliphatic heterocycles. The van der Waals surface area contributed by atoms with E-state index in [9.17, 15) is 4.21 Å². The van der Waals surface area contributed by atoms with E-state index in [0.29, 0.717) is 23.2 Å². The van der Waals surface area contributed by atoms with E-state index < -0.39 is 10.8 Å². The van der Waals surface area contributed by atoms with E-state index in [0.717, 1.165) is 16.4 Å². The molecule has 0 bridgehead atoms. The second kappa shape index (κ2) is 8.79. The van der Waals surface area contributed by atoms with Crippen molar-refractivity contribution >= 4 is 33.9 Å². The topological polar surface area (TPSA) is 91.8 Å². The molecule has 0 spiro atoms. The lowest BCUT2D eigenvalue weighted by Gasteiger charge is -2.14. The predicted octanol–water partition coefficient (Wildman–Crippen LogP) is 3.88. The lowest BCUT2D eigenvalue weighted by atomic mass is 10.3. The minimum absolute atomic E-state index is 0.220. The fourth-order valence-corrected chi connectivity index (χ4v) is 3.16. The van der Waals surface area contributed by atoms with Gasteiger partial charge < -0.3 is 16.0 Å². The summed E-state index contributed by atoms with van der Waals surface area (Å²) in [6.07, 6.45) is 1.66. The maximum Gasteiger partial charge on any atom is 0.182 e. The van der Waals surface area contributed by atoms with Crippen LogP contribution in [0.15, 0.2) is 53.4 Å². The molecule has 0 saturated heterocycles. The van der Waals surface area contributed by atoms with Gasteiger partial charge >= 0.3 is 0 Å². The average molecular weight is 397 g/mol. The van der Waals surface area contributed by atoms with Crippen molar-refractivity contribution in [2.24, 2.45) is 0 Å². The van der Waals surface area contributed by atoms with Gasteiger partial charge in [0.2, 0.25) is 0 Å². The lowest BCUT2D eigenvalue weighted by molar-refractivity contribution is 0.687. The van der Waals surface area contributed by atoms with Gasteiger partial charge in [-0.05, 0) is 44.2 Å². The summed E-state index contributed by atoms with van der Waals surface area (Å²) >= 11 is 0. The van der Waals surface area contributed by atoms with Crippen LogP contribution in [0.2, 0.25) is 0 Å². The number of pyridine rings is 1. The van der Waals surface area contributed by atoms with Gasteiger partial charge in [-0.25, -0.2) is 15.0 Å². The van der Waals surface area contributed by atoms with Crippen molar-refractivity contribution in [3.8, 4) is 11.5 Å². The molecule has 1 aromatic carbocycles. The molecule has 0 aliphatic carbocycles. The third-order valence-corrected chi connectivity index (χ3v) is 4.75. The van der Waals surface area contributed by atoms with Crippen LogP contribution in [0.5, 0.6) is 0 Å². The number of anilines is 4. The highest BCUT2D eigenvalue weighted by Crippen LogP contribution is 2.24. The molecule has 1 unspecified atom stereocenters. The number of hydrogen-bond donors (Lipinski definition) is 3. The Morgan fingerprint density at radius 2 is 1.68 bits per heavy atom. The van der Waals surface area contributed by atoms with Crippen molar-refractivity contribution in [1.82, 2.24) is 15.0 Å². The Labute approximate surface area is 167 Å². The van der Waals surface area contributed by atoms with Crippen LogP contribution in [0.3, 0.4) is 0 Å². The Bertz CT molecular complexity index is 992. The zero-order valence-electron chi connectivity index (χ0n) is 16.4. The molecule has 3 rings (SSSR count). The molecule has 3 N–H and O–H groups in total. The first kappa shape index (κ1) is 19.8. The van der Waals surface area contributed by atoms with Crippen LogP contribution < -0.4 is 16.0 Å². The van der Waals surface area contributed by atoms with Gasteiger partial charge in [-0.1, -0.05) is 12.1 Å². The van der Waals surface area contributed by atoms with Gasteiger partial charge in [0.1, 0.15) is 23.1 Å². The third kappa shape index (κ3) is 5.04. The third-order valence-electron chi connectivity index (χ3n) is 3.84. The quantitative estimate of drug-likeness (QED) is 0.558. The molecule has 0 aliphatic rings. The zero-order valence-corrected chi connectivity index (χ0v) is 17.2. The molecule has 2 aromatic heterocycles. The summed E-state index contributed by atoms with van der Waals surface area (Å²) in [6.45, 7) is 4.10. The SMILES string of the molecule is CNc1cccc(-c2nc(Nc3cccc(S(C)=O)c3)cc(NC(C)C)n2)n1. The molecule has 7 nitrogen and oxygen atoms in total. The summed E-state index contributed by atoms with van der Waals surface area (Å²) < 4.78 is 11.8. The summed E-state index contributed by atoms with van der Waals surface area (Å²) in [6, 6.07) is 15.2. The molecular weight excluding hydrogens is 372 g/mol. The molecule has 1 atom stereocenters. The van der Waals surface area contributed by atoms with Crippen molar-refractivity contribution in [2.45, 2.75) is 24.8 Å². The second-order valence-electron chi connectivity index (χ2n) is 6.53. The summed E-state index contributed by atoms with van der Waals surface area (Å²) in [5.41, 5.74) is 1.48. The van der Waals surface area contributed by atoms with Crippen molar-refractivity contribution in [3.05, 3.63) is 48.5 Å². The van der Waals surface area contributed by atoms with Crippen LogP contribution in [0.4, 0.5) is 23.1 Å². The van der Waals surface area contributed by atoms with Crippen LogP contribution in [0, 0.1) is 0 Å². The van der Waals surface area contributed by atoms with Crippen molar-refractivity contribution in [2.75, 3.05) is 29.3 Å². The van der Waals surface area contributed by atoms with Gasteiger partial charge in [0.05, 0.1) is 0 Å². The highest BCUT2D eigenvalue weighted by atomic mass is 32.2. The average Bonchev–Trinajstić information content (AvgIpc) is 2.67. The van der Waals surface area contributed by atoms with Gasteiger partial charge in [-0.15, -0.1) is 0 Å². The summed E-state index contributed by atoms with van der Waals surface area (Å²) in [5, 5.41) is 9.63. The Balaban J connectivity index is 2.00. The number of rotatable bonds is 7. The van der Waals surface area contributed by atoms with E-state index in [2.05, 4.69) is 44.7 Å². The summed E-state index contributed by atoms with van der Waals surface area (Å²) in [5.74, 6) is 2.59. The molecule has 0 radical (unpaired) electrons. The van der Waals surface area contributed by atoms with Gasteiger partial charge in [-0.3, -0.25) is 4.21 Å². The van der Waals surface area contributed by atoms with E-state index >= 15 is 0 Å². The molecule has 0 saturated carbocycles. The summed E-state index contributed by atoms with van der Waals surface area (Å²) in [4.78, 5) is 14.5. The second-order valence-corrected chi connectivity index (χ2v) is 7.91. The van der Waals surface area contributed by atoms with Crippen molar-refractivity contribution in [1.29, 1.82) is 0 Å². The maximum atomic E-state index is 11.8. The van der Waals surface area contributed by atoms with Gasteiger partial charge in [0.25, 0.3) is 0 Å². The number of nitrogens with zero attached hydrogens (tertiary/aromatic N) is 3. The zero-order chi connectivity index (χ0) is 20.1. The first-order valence-corrected chi connectivity index (χ1v) is 10.5. The van der Waals surface area contributed by atoms with Crippen LogP contribution in [-0.2, 0) is 10.8 Å². The molecule has 0 fully saturated rings. The largest absolute Gasteiger partial charge is 0.373 e. The van der Waals surface area contributed by atoms with E-state index in [1.807, 2.05) is 55.6 Å². The Hall–Kier alpha value is -3.00. The van der Waals surface area contributed by atoms with E-state index in [1.165, 1.54) is 0 Å². The van der Waals surface area contributed by atoms with Crippen LogP contribution in [0.25, 0.3) is 11.5 Å². The summed E-state index contributed by atoms with van der Waals surface area (Å²) in [7, 11) is 0.771. The Morgan fingerprint density at radius 3 is 2.39 bits per heavy atom. The Kier molecular flexibility index (Phi) is 6.20. The van der Waals surface area contributed by atoms with Crippen molar-refractivity contribution in [3.63, 3.8) is 0 Å². The maximum absolute atomic E-state index is 11.8. The van der Waals surface area contributed by atoms with Crippen LogP contribution >= 0.6 is 0 Å². The molecule has 8 heteroatoms. The molecule has 28 heavy (non-hydrogen) atoms. The van der Waals surface area contributed by atoms with Gasteiger partial charge in [0, 0.05) is 46.8 Å². The van der Waals surface area contributed by atoms with Gasteiger partial charge in [0.15, 0.2) is 5.82 Å². The number of aromatic nitrogens is 3. The lowest BCUT2D eigenvalue weighted by Crippen LogP contribution is -2.12. The normalized spacial score (nSPS) is 11.9. The smallest absolute Gasteiger partial charge is 0.182 e. The fourth-order valence-electron chi connectivity index (χ4n) is 2.59. The predicted molar refractivity (Wildman–Crippen MR) is 116 cm³/mol. The van der Waals surface area contributed by atoms with E-state index in [4.69, 9.17) is 0 Å².